The van der Waals surface area contributed by atoms with Crippen molar-refractivity contribution in [2.24, 2.45) is 28.6 Å². The summed E-state index contributed by atoms with van der Waals surface area (Å²) in [6.07, 6.45) is 3.85. The summed E-state index contributed by atoms with van der Waals surface area (Å²) < 4.78 is 0. The molecular weight excluding hydrogens is 214 g/mol. The Morgan fingerprint density at radius 1 is 1.41 bits per heavy atom. The monoisotopic (exact) mass is 241 g/mol. The van der Waals surface area contributed by atoms with Crippen LogP contribution in [0.4, 0.5) is 0 Å². The Morgan fingerprint density at radius 3 is 2.59 bits per heavy atom. The topological polar surface area (TPSA) is 61.8 Å². The lowest BCUT2D eigenvalue weighted by atomic mass is 9.78. The molecule has 0 aliphatic heterocycles. The zero-order valence-electron chi connectivity index (χ0n) is 11.6. The molecule has 1 fully saturated rings. The highest BCUT2D eigenvalue weighted by Gasteiger charge is 2.27. The molecule has 0 aromatic heterocycles. The molecule has 0 saturated heterocycles. The maximum Gasteiger partial charge on any atom is 0.143 e. The van der Waals surface area contributed by atoms with Crippen LogP contribution in [0.15, 0.2) is 5.16 Å². The molecule has 100 valence electrons. The molecule has 4 heteroatoms. The van der Waals surface area contributed by atoms with E-state index >= 15 is 0 Å². The van der Waals surface area contributed by atoms with Crippen LogP contribution in [0.25, 0.3) is 0 Å². The molecule has 0 heterocycles. The van der Waals surface area contributed by atoms with Crippen molar-refractivity contribution in [3.05, 3.63) is 0 Å². The van der Waals surface area contributed by atoms with Crippen LogP contribution < -0.4 is 5.73 Å². The van der Waals surface area contributed by atoms with Gasteiger partial charge in [-0.15, -0.1) is 0 Å². The summed E-state index contributed by atoms with van der Waals surface area (Å²) in [6.45, 7) is 7.56. The Hall–Kier alpha value is -0.770. The van der Waals surface area contributed by atoms with Gasteiger partial charge >= 0.3 is 0 Å². The van der Waals surface area contributed by atoms with Gasteiger partial charge in [-0.2, -0.15) is 0 Å². The summed E-state index contributed by atoms with van der Waals surface area (Å²) in [7, 11) is 2.15. The number of nitrogens with zero attached hydrogens (tertiary/aromatic N) is 2. The van der Waals surface area contributed by atoms with Crippen LogP contribution in [0.1, 0.15) is 40.0 Å². The molecule has 1 saturated carbocycles. The largest absolute Gasteiger partial charge is 0.409 e. The van der Waals surface area contributed by atoms with Crippen molar-refractivity contribution in [3.63, 3.8) is 0 Å². The van der Waals surface area contributed by atoms with Crippen molar-refractivity contribution >= 4 is 5.84 Å². The lowest BCUT2D eigenvalue weighted by Crippen LogP contribution is -2.42. The van der Waals surface area contributed by atoms with Gasteiger partial charge in [-0.25, -0.2) is 0 Å². The van der Waals surface area contributed by atoms with Crippen LogP contribution in [-0.2, 0) is 0 Å². The number of oxime groups is 1. The minimum atomic E-state index is 0.111. The molecule has 4 nitrogen and oxygen atoms in total. The van der Waals surface area contributed by atoms with E-state index in [9.17, 15) is 0 Å². The van der Waals surface area contributed by atoms with Crippen molar-refractivity contribution in [1.82, 2.24) is 4.90 Å². The second-order valence-electron chi connectivity index (χ2n) is 5.79. The molecule has 1 aliphatic rings. The average molecular weight is 241 g/mol. The summed E-state index contributed by atoms with van der Waals surface area (Å²) in [4.78, 5) is 2.37. The van der Waals surface area contributed by atoms with Crippen LogP contribution in [0.2, 0.25) is 0 Å². The summed E-state index contributed by atoms with van der Waals surface area (Å²) in [5, 5.41) is 11.7. The fraction of sp³-hybridized carbons (Fsp3) is 0.923. The number of hydrogen-bond acceptors (Lipinski definition) is 3. The molecule has 17 heavy (non-hydrogen) atoms. The van der Waals surface area contributed by atoms with Crippen molar-refractivity contribution in [3.8, 4) is 0 Å². The third-order valence-corrected chi connectivity index (χ3v) is 4.38. The first-order valence-electron chi connectivity index (χ1n) is 6.63. The lowest BCUT2D eigenvalue weighted by molar-refractivity contribution is 0.126. The quantitative estimate of drug-likeness (QED) is 0.343. The van der Waals surface area contributed by atoms with Crippen LogP contribution in [0.5, 0.6) is 0 Å². The zero-order valence-corrected chi connectivity index (χ0v) is 11.6. The van der Waals surface area contributed by atoms with Crippen LogP contribution >= 0.6 is 0 Å². The lowest BCUT2D eigenvalue weighted by Gasteiger charge is -2.38. The molecule has 1 aliphatic carbocycles. The first-order valence-corrected chi connectivity index (χ1v) is 6.63. The zero-order chi connectivity index (χ0) is 13.0. The first-order chi connectivity index (χ1) is 7.95. The Kier molecular flexibility index (Phi) is 5.25. The summed E-state index contributed by atoms with van der Waals surface area (Å²) >= 11 is 0. The van der Waals surface area contributed by atoms with Gasteiger partial charge in [0.05, 0.1) is 0 Å². The molecule has 0 aromatic rings. The van der Waals surface area contributed by atoms with Gasteiger partial charge in [0.15, 0.2) is 0 Å². The Labute approximate surface area is 105 Å². The SMILES string of the molecule is CC(CN(C)C1CCC(C)C(C)C1)C(N)=NO. The van der Waals surface area contributed by atoms with E-state index in [4.69, 9.17) is 10.9 Å². The highest BCUT2D eigenvalue weighted by atomic mass is 16.4. The van der Waals surface area contributed by atoms with E-state index in [1.807, 2.05) is 6.92 Å². The van der Waals surface area contributed by atoms with Crippen molar-refractivity contribution in [2.45, 2.75) is 46.1 Å². The van der Waals surface area contributed by atoms with Gasteiger partial charge in [-0.3, -0.25) is 0 Å². The smallest absolute Gasteiger partial charge is 0.143 e. The molecule has 0 spiro atoms. The Morgan fingerprint density at radius 2 is 2.06 bits per heavy atom. The van der Waals surface area contributed by atoms with E-state index < -0.39 is 0 Å². The second-order valence-corrected chi connectivity index (χ2v) is 5.79. The fourth-order valence-corrected chi connectivity index (χ4v) is 2.69. The van der Waals surface area contributed by atoms with Gasteiger partial charge in [-0.1, -0.05) is 25.9 Å². The maximum atomic E-state index is 8.65. The predicted octanol–water partition coefficient (Wildman–Crippen LogP) is 2.13. The van der Waals surface area contributed by atoms with Crippen molar-refractivity contribution < 1.29 is 5.21 Å². The predicted molar refractivity (Wildman–Crippen MR) is 71.2 cm³/mol. The fourth-order valence-electron chi connectivity index (χ4n) is 2.69. The summed E-state index contributed by atoms with van der Waals surface area (Å²) in [6, 6.07) is 0.648. The van der Waals surface area contributed by atoms with E-state index in [1.54, 1.807) is 0 Å². The normalized spacial score (nSPS) is 32.8. The van der Waals surface area contributed by atoms with Crippen molar-refractivity contribution in [2.75, 3.05) is 13.6 Å². The van der Waals surface area contributed by atoms with Crippen LogP contribution in [-0.4, -0.2) is 35.6 Å². The standard InChI is InChI=1S/C13H27N3O/c1-9-5-6-12(7-10(9)2)16(4)8-11(3)13(14)15-17/h9-12,17H,5-8H2,1-4H3,(H2,14,15). The summed E-state index contributed by atoms with van der Waals surface area (Å²) in [5.74, 6) is 2.09. The molecule has 1 rings (SSSR count). The van der Waals surface area contributed by atoms with E-state index in [0.717, 1.165) is 18.4 Å². The average Bonchev–Trinajstić information content (AvgIpc) is 2.31. The number of hydrogen-bond donors (Lipinski definition) is 2. The van der Waals surface area contributed by atoms with Gasteiger partial charge in [0.25, 0.3) is 0 Å². The molecule has 3 N–H and O–H groups in total. The van der Waals surface area contributed by atoms with Gasteiger partial charge in [0.2, 0.25) is 0 Å². The van der Waals surface area contributed by atoms with Crippen LogP contribution in [0.3, 0.4) is 0 Å². The molecule has 0 bridgehead atoms. The third kappa shape index (κ3) is 3.87. The molecular formula is C13H27N3O. The molecule has 0 aromatic carbocycles. The maximum absolute atomic E-state index is 8.65. The number of nitrogens with two attached hydrogens (primary N) is 1. The number of rotatable bonds is 4. The minimum Gasteiger partial charge on any atom is -0.409 e. The Bertz CT molecular complexity index is 267. The van der Waals surface area contributed by atoms with Crippen LogP contribution in [0, 0.1) is 17.8 Å². The summed E-state index contributed by atoms with van der Waals surface area (Å²) in [5.41, 5.74) is 5.62. The molecule has 4 atom stereocenters. The third-order valence-electron chi connectivity index (χ3n) is 4.38. The second kappa shape index (κ2) is 6.24. The van der Waals surface area contributed by atoms with Gasteiger partial charge in [0, 0.05) is 18.5 Å². The van der Waals surface area contributed by atoms with Crippen molar-refractivity contribution in [1.29, 1.82) is 0 Å². The van der Waals surface area contributed by atoms with E-state index in [1.165, 1.54) is 19.3 Å². The van der Waals surface area contributed by atoms with Gasteiger partial charge in [0.1, 0.15) is 5.84 Å². The Balaban J connectivity index is 2.45. The minimum absolute atomic E-state index is 0.111. The van der Waals surface area contributed by atoms with Gasteiger partial charge < -0.3 is 15.8 Å². The molecule has 4 unspecified atom stereocenters. The van der Waals surface area contributed by atoms with E-state index in [0.29, 0.717) is 11.9 Å². The van der Waals surface area contributed by atoms with E-state index in [2.05, 4.69) is 31.0 Å². The molecule has 0 radical (unpaired) electrons. The number of amidine groups is 1. The van der Waals surface area contributed by atoms with Gasteiger partial charge in [-0.05, 0) is 38.1 Å². The van der Waals surface area contributed by atoms with E-state index in [-0.39, 0.29) is 5.92 Å². The highest BCUT2D eigenvalue weighted by Crippen LogP contribution is 2.31. The first kappa shape index (κ1) is 14.3. The highest BCUT2D eigenvalue weighted by molar-refractivity contribution is 5.82. The molecule has 0 amide bonds.